The van der Waals surface area contributed by atoms with Gasteiger partial charge >= 0.3 is 6.09 Å². The number of fused-ring (bicyclic) bond motifs is 1. The first kappa shape index (κ1) is 23.1. The zero-order valence-corrected chi connectivity index (χ0v) is 20.8. The highest BCUT2D eigenvalue weighted by molar-refractivity contribution is 5.98. The molecule has 1 fully saturated rings. The summed E-state index contributed by atoms with van der Waals surface area (Å²) >= 11 is 0. The third kappa shape index (κ3) is 5.09. The number of ether oxygens (including phenoxy) is 1. The number of aryl methyl sites for hydroxylation is 1. The van der Waals surface area contributed by atoms with Crippen molar-refractivity contribution in [1.29, 1.82) is 0 Å². The summed E-state index contributed by atoms with van der Waals surface area (Å²) in [6.45, 7) is 8.75. The first-order chi connectivity index (χ1) is 16.7. The quantitative estimate of drug-likeness (QED) is 0.528. The molecule has 0 bridgehead atoms. The minimum atomic E-state index is -0.522. The highest BCUT2D eigenvalue weighted by atomic mass is 16.6. The molecule has 2 aliphatic rings. The lowest BCUT2D eigenvalue weighted by Gasteiger charge is -2.29. The first-order valence-corrected chi connectivity index (χ1v) is 12.3. The molecule has 182 valence electrons. The largest absolute Gasteiger partial charge is 0.444 e. The number of hydrogen-bond acceptors (Lipinski definition) is 4. The van der Waals surface area contributed by atoms with E-state index in [0.29, 0.717) is 25.3 Å². The van der Waals surface area contributed by atoms with Gasteiger partial charge in [-0.2, -0.15) is 0 Å². The van der Waals surface area contributed by atoms with Gasteiger partial charge in [0.05, 0.1) is 0 Å². The molecule has 7 heteroatoms. The predicted molar refractivity (Wildman–Crippen MR) is 138 cm³/mol. The van der Waals surface area contributed by atoms with Crippen LogP contribution in [0.1, 0.15) is 51.2 Å². The van der Waals surface area contributed by atoms with Gasteiger partial charge in [-0.3, -0.25) is 4.79 Å². The maximum absolute atomic E-state index is 12.5. The lowest BCUT2D eigenvalue weighted by molar-refractivity contribution is -0.117. The molecule has 0 atom stereocenters. The number of rotatable bonds is 4. The highest BCUT2D eigenvalue weighted by Crippen LogP contribution is 2.34. The van der Waals surface area contributed by atoms with Crippen LogP contribution in [0.25, 0.3) is 22.3 Å². The van der Waals surface area contributed by atoms with E-state index in [9.17, 15) is 9.59 Å². The molecule has 1 N–H and O–H groups in total. The summed E-state index contributed by atoms with van der Waals surface area (Å²) in [5, 5.41) is 4.05. The lowest BCUT2D eigenvalue weighted by Crippen LogP contribution is -2.39. The SMILES string of the molecule is Cc1ccc(-n2ccc3c(C4=CCN(C(=O)OC(C)(C)C)CC4)cc(NC(=O)C4CC4)nc32)cc1. The van der Waals surface area contributed by atoms with Crippen LogP contribution < -0.4 is 5.32 Å². The summed E-state index contributed by atoms with van der Waals surface area (Å²) in [6, 6.07) is 12.3. The molecule has 2 aromatic heterocycles. The van der Waals surface area contributed by atoms with Crippen LogP contribution in [-0.4, -0.2) is 45.1 Å². The van der Waals surface area contributed by atoms with Crippen LogP contribution in [0.3, 0.4) is 0 Å². The van der Waals surface area contributed by atoms with Crippen molar-refractivity contribution in [3.05, 3.63) is 59.8 Å². The van der Waals surface area contributed by atoms with Gasteiger partial charge < -0.3 is 19.5 Å². The third-order valence-corrected chi connectivity index (χ3v) is 6.38. The number of hydrogen-bond donors (Lipinski definition) is 1. The summed E-state index contributed by atoms with van der Waals surface area (Å²) < 4.78 is 7.59. The molecular weight excluding hydrogens is 440 g/mol. The number of anilines is 1. The van der Waals surface area contributed by atoms with Gasteiger partial charge in [-0.05, 0) is 82.4 Å². The Labute approximate surface area is 205 Å². The number of nitrogens with one attached hydrogen (secondary N) is 1. The molecule has 0 saturated heterocycles. The summed E-state index contributed by atoms with van der Waals surface area (Å²) in [4.78, 5) is 31.6. The van der Waals surface area contributed by atoms with Crippen LogP contribution in [0.5, 0.6) is 0 Å². The van der Waals surface area contributed by atoms with E-state index in [0.717, 1.165) is 40.7 Å². The van der Waals surface area contributed by atoms with Crippen LogP contribution >= 0.6 is 0 Å². The van der Waals surface area contributed by atoms with Crippen molar-refractivity contribution >= 4 is 34.4 Å². The first-order valence-electron chi connectivity index (χ1n) is 12.3. The van der Waals surface area contributed by atoms with Gasteiger partial charge in [0.15, 0.2) is 0 Å². The topological polar surface area (TPSA) is 76.5 Å². The average molecular weight is 473 g/mol. The van der Waals surface area contributed by atoms with Crippen molar-refractivity contribution in [3.63, 3.8) is 0 Å². The predicted octanol–water partition coefficient (Wildman–Crippen LogP) is 5.71. The molecule has 0 radical (unpaired) electrons. The van der Waals surface area contributed by atoms with Crippen molar-refractivity contribution in [2.24, 2.45) is 5.92 Å². The minimum Gasteiger partial charge on any atom is -0.444 e. The molecule has 2 amide bonds. The van der Waals surface area contributed by atoms with Gasteiger partial charge in [-0.1, -0.05) is 23.8 Å². The molecule has 1 saturated carbocycles. The Morgan fingerprint density at radius 1 is 1.11 bits per heavy atom. The summed E-state index contributed by atoms with van der Waals surface area (Å²) in [7, 11) is 0. The van der Waals surface area contributed by atoms with Gasteiger partial charge in [-0.15, -0.1) is 0 Å². The second kappa shape index (κ2) is 8.87. The van der Waals surface area contributed by atoms with Gasteiger partial charge in [0.2, 0.25) is 5.91 Å². The van der Waals surface area contributed by atoms with Gasteiger partial charge in [0.25, 0.3) is 0 Å². The molecule has 0 spiro atoms. The fraction of sp³-hybridized carbons (Fsp3) is 0.393. The Hall–Kier alpha value is -3.61. The van der Waals surface area contributed by atoms with E-state index in [2.05, 4.69) is 53.2 Å². The number of carbonyl (C=O) groups is 2. The van der Waals surface area contributed by atoms with Gasteiger partial charge in [0.1, 0.15) is 17.1 Å². The monoisotopic (exact) mass is 472 g/mol. The molecule has 1 aromatic carbocycles. The Morgan fingerprint density at radius 2 is 1.86 bits per heavy atom. The Bertz CT molecular complexity index is 1310. The number of carbonyl (C=O) groups excluding carboxylic acids is 2. The van der Waals surface area contributed by atoms with Crippen LogP contribution in [-0.2, 0) is 9.53 Å². The van der Waals surface area contributed by atoms with E-state index in [1.807, 2.05) is 33.0 Å². The molecular formula is C28H32N4O3. The van der Waals surface area contributed by atoms with E-state index in [4.69, 9.17) is 9.72 Å². The van der Waals surface area contributed by atoms with E-state index < -0.39 is 5.60 Å². The van der Waals surface area contributed by atoms with E-state index in [1.54, 1.807) is 4.90 Å². The molecule has 3 aromatic rings. The number of nitrogens with zero attached hydrogens (tertiary/aromatic N) is 3. The summed E-state index contributed by atoms with van der Waals surface area (Å²) in [5.74, 6) is 0.688. The van der Waals surface area contributed by atoms with E-state index in [-0.39, 0.29) is 17.9 Å². The second-order valence-corrected chi connectivity index (χ2v) is 10.5. The van der Waals surface area contributed by atoms with Crippen molar-refractivity contribution in [3.8, 4) is 5.69 Å². The molecule has 1 aliphatic heterocycles. The smallest absolute Gasteiger partial charge is 0.410 e. The highest BCUT2D eigenvalue weighted by Gasteiger charge is 2.30. The summed E-state index contributed by atoms with van der Waals surface area (Å²) in [6.07, 6.45) is 6.38. The van der Waals surface area contributed by atoms with Crippen molar-refractivity contribution in [2.75, 3.05) is 18.4 Å². The molecule has 3 heterocycles. The fourth-order valence-electron chi connectivity index (χ4n) is 4.33. The average Bonchev–Trinajstić information content (AvgIpc) is 3.58. The van der Waals surface area contributed by atoms with Crippen molar-refractivity contribution in [2.45, 2.75) is 52.6 Å². The molecule has 1 aliphatic carbocycles. The minimum absolute atomic E-state index is 0.0324. The van der Waals surface area contributed by atoms with Crippen molar-refractivity contribution in [1.82, 2.24) is 14.5 Å². The maximum Gasteiger partial charge on any atom is 0.410 e. The Kier molecular flexibility index (Phi) is 5.87. The molecule has 0 unspecified atom stereocenters. The van der Waals surface area contributed by atoms with Crippen LogP contribution in [0, 0.1) is 12.8 Å². The number of aromatic nitrogens is 2. The second-order valence-electron chi connectivity index (χ2n) is 10.5. The Morgan fingerprint density at radius 3 is 2.49 bits per heavy atom. The fourth-order valence-corrected chi connectivity index (χ4v) is 4.33. The maximum atomic E-state index is 12.5. The lowest BCUT2D eigenvalue weighted by atomic mass is 9.97. The molecule has 35 heavy (non-hydrogen) atoms. The van der Waals surface area contributed by atoms with Crippen molar-refractivity contribution < 1.29 is 14.3 Å². The summed E-state index contributed by atoms with van der Waals surface area (Å²) in [5.41, 5.74) is 4.66. The standard InChI is InChI=1S/C28H32N4O3/c1-18-5-9-21(10-6-18)32-16-13-22-23(17-24(29-25(22)32)30-26(33)20-7-8-20)19-11-14-31(15-12-19)27(34)35-28(2,3)4/h5-6,9-11,13,16-17,20H,7-8,12,14-15H2,1-4H3,(H,29,30,33). The van der Waals surface area contributed by atoms with E-state index in [1.165, 1.54) is 5.56 Å². The normalized spacial score (nSPS) is 16.2. The van der Waals surface area contributed by atoms with Gasteiger partial charge in [0, 0.05) is 36.3 Å². The number of benzene rings is 1. The van der Waals surface area contributed by atoms with E-state index >= 15 is 0 Å². The van der Waals surface area contributed by atoms with Crippen LogP contribution in [0.4, 0.5) is 10.6 Å². The zero-order chi connectivity index (χ0) is 24.7. The number of pyridine rings is 1. The third-order valence-electron chi connectivity index (χ3n) is 6.38. The zero-order valence-electron chi connectivity index (χ0n) is 20.8. The van der Waals surface area contributed by atoms with Gasteiger partial charge in [-0.25, -0.2) is 9.78 Å². The van der Waals surface area contributed by atoms with Crippen LogP contribution in [0.15, 0.2) is 48.7 Å². The molecule has 7 nitrogen and oxygen atoms in total. The molecule has 5 rings (SSSR count). The number of amides is 2. The van der Waals surface area contributed by atoms with Crippen LogP contribution in [0.2, 0.25) is 0 Å². The Balaban J connectivity index is 1.51.